The molecule has 2 aromatic rings. The highest BCUT2D eigenvalue weighted by Gasteiger charge is 2.39. The van der Waals surface area contributed by atoms with Gasteiger partial charge in [0.05, 0.1) is 23.4 Å². The lowest BCUT2D eigenvalue weighted by Gasteiger charge is -2.35. The van der Waals surface area contributed by atoms with Crippen LogP contribution in [-0.4, -0.2) is 40.2 Å². The summed E-state index contributed by atoms with van der Waals surface area (Å²) in [6.07, 6.45) is -1.66. The topological polar surface area (TPSA) is 84.5 Å². The number of nitro benzene ring substituents is 1. The summed E-state index contributed by atoms with van der Waals surface area (Å²) in [5.74, 6) is -0.295. The maximum atomic E-state index is 13.1. The molecule has 0 aliphatic carbocycles. The standard InChI is InChI=1S/C15H14F3N5O3/c1-20-8-11(7-19-20)22-5-4-21(9-14(22)24)10-2-3-13(23(25)26)12(6-10)15(16,17)18/h2-3,6-8H,4-5,9H2,1H3. The Hall–Kier alpha value is -3.11. The number of piperazine rings is 1. The second-order valence-corrected chi connectivity index (χ2v) is 5.80. The van der Waals surface area contributed by atoms with Crippen molar-refractivity contribution in [3.8, 4) is 0 Å². The Morgan fingerprint density at radius 3 is 2.50 bits per heavy atom. The van der Waals surface area contributed by atoms with Crippen molar-refractivity contribution in [1.29, 1.82) is 0 Å². The fourth-order valence-corrected chi connectivity index (χ4v) is 2.82. The van der Waals surface area contributed by atoms with Gasteiger partial charge in [-0.15, -0.1) is 0 Å². The van der Waals surface area contributed by atoms with Gasteiger partial charge >= 0.3 is 6.18 Å². The van der Waals surface area contributed by atoms with E-state index in [9.17, 15) is 28.1 Å². The fourth-order valence-electron chi connectivity index (χ4n) is 2.82. The van der Waals surface area contributed by atoms with E-state index in [0.29, 0.717) is 11.8 Å². The highest BCUT2D eigenvalue weighted by atomic mass is 19.4. The molecule has 1 amide bonds. The number of rotatable bonds is 3. The van der Waals surface area contributed by atoms with E-state index in [0.717, 1.165) is 6.07 Å². The SMILES string of the molecule is Cn1cc(N2CCN(c3ccc([N+](=O)[O-])c(C(F)(F)F)c3)CC2=O)cn1. The third kappa shape index (κ3) is 3.32. The number of carbonyl (C=O) groups excluding carboxylic acids is 1. The van der Waals surface area contributed by atoms with Crippen LogP contribution in [-0.2, 0) is 18.0 Å². The molecule has 1 aromatic heterocycles. The average Bonchev–Trinajstić information content (AvgIpc) is 2.99. The average molecular weight is 369 g/mol. The van der Waals surface area contributed by atoms with Gasteiger partial charge in [0.1, 0.15) is 5.56 Å². The third-order valence-corrected chi connectivity index (χ3v) is 4.07. The number of alkyl halides is 3. The second kappa shape index (κ2) is 6.32. The van der Waals surface area contributed by atoms with Gasteiger partial charge in [-0.25, -0.2) is 0 Å². The van der Waals surface area contributed by atoms with Gasteiger partial charge in [0, 0.05) is 38.1 Å². The van der Waals surface area contributed by atoms with E-state index < -0.39 is 22.4 Å². The lowest BCUT2D eigenvalue weighted by atomic mass is 10.1. The van der Waals surface area contributed by atoms with Crippen LogP contribution >= 0.6 is 0 Å². The summed E-state index contributed by atoms with van der Waals surface area (Å²) in [6, 6.07) is 2.75. The number of aryl methyl sites for hydroxylation is 1. The van der Waals surface area contributed by atoms with E-state index in [-0.39, 0.29) is 31.2 Å². The molecule has 1 aliphatic rings. The Bertz CT molecular complexity index is 864. The molecule has 26 heavy (non-hydrogen) atoms. The first-order chi connectivity index (χ1) is 12.2. The van der Waals surface area contributed by atoms with Gasteiger partial charge in [-0.3, -0.25) is 19.6 Å². The predicted molar refractivity (Wildman–Crippen MR) is 85.9 cm³/mol. The van der Waals surface area contributed by atoms with Crippen LogP contribution in [0.5, 0.6) is 0 Å². The van der Waals surface area contributed by atoms with Crippen LogP contribution < -0.4 is 9.80 Å². The van der Waals surface area contributed by atoms with Crippen LogP contribution in [0.15, 0.2) is 30.6 Å². The molecule has 0 saturated carbocycles. The Labute approximate surface area is 145 Å². The van der Waals surface area contributed by atoms with Crippen molar-refractivity contribution >= 4 is 23.0 Å². The molecule has 1 aliphatic heterocycles. The zero-order valence-corrected chi connectivity index (χ0v) is 13.6. The monoisotopic (exact) mass is 369 g/mol. The van der Waals surface area contributed by atoms with E-state index >= 15 is 0 Å². The van der Waals surface area contributed by atoms with Gasteiger partial charge in [-0.2, -0.15) is 18.3 Å². The number of nitrogens with zero attached hydrogens (tertiary/aromatic N) is 5. The Balaban J connectivity index is 1.85. The number of amides is 1. The second-order valence-electron chi connectivity index (χ2n) is 5.80. The summed E-state index contributed by atoms with van der Waals surface area (Å²) in [5.41, 5.74) is -1.62. The summed E-state index contributed by atoms with van der Waals surface area (Å²) in [5, 5.41) is 14.8. The van der Waals surface area contributed by atoms with Crippen molar-refractivity contribution in [3.05, 3.63) is 46.3 Å². The molecule has 1 fully saturated rings. The lowest BCUT2D eigenvalue weighted by molar-refractivity contribution is -0.388. The molecule has 8 nitrogen and oxygen atoms in total. The molecule has 0 bridgehead atoms. The number of benzene rings is 1. The van der Waals surface area contributed by atoms with Gasteiger partial charge in [-0.05, 0) is 12.1 Å². The molecule has 138 valence electrons. The Kier molecular flexibility index (Phi) is 4.30. The predicted octanol–water partition coefficient (Wildman–Crippen LogP) is 2.20. The zero-order chi connectivity index (χ0) is 19.1. The highest BCUT2D eigenvalue weighted by Crippen LogP contribution is 2.38. The summed E-state index contributed by atoms with van der Waals surface area (Å²) < 4.78 is 40.9. The fraction of sp³-hybridized carbons (Fsp3) is 0.333. The smallest absolute Gasteiger partial charge is 0.360 e. The van der Waals surface area contributed by atoms with Crippen LogP contribution in [0.25, 0.3) is 0 Å². The highest BCUT2D eigenvalue weighted by molar-refractivity contribution is 5.97. The van der Waals surface area contributed by atoms with Gasteiger partial charge in [0.15, 0.2) is 0 Å². The van der Waals surface area contributed by atoms with Gasteiger partial charge in [0.2, 0.25) is 5.91 Å². The van der Waals surface area contributed by atoms with Gasteiger partial charge < -0.3 is 9.80 Å². The van der Waals surface area contributed by atoms with E-state index in [2.05, 4.69) is 5.10 Å². The van der Waals surface area contributed by atoms with Crippen molar-refractivity contribution in [3.63, 3.8) is 0 Å². The first kappa shape index (κ1) is 17.7. The van der Waals surface area contributed by atoms with Crippen LogP contribution in [0, 0.1) is 10.1 Å². The van der Waals surface area contributed by atoms with E-state index in [1.165, 1.54) is 22.1 Å². The molecule has 0 N–H and O–H groups in total. The Morgan fingerprint density at radius 2 is 1.96 bits per heavy atom. The molecule has 11 heteroatoms. The van der Waals surface area contributed by atoms with E-state index in [4.69, 9.17) is 0 Å². The van der Waals surface area contributed by atoms with Crippen molar-refractivity contribution in [2.75, 3.05) is 29.4 Å². The first-order valence-electron chi connectivity index (χ1n) is 7.56. The molecular weight excluding hydrogens is 355 g/mol. The largest absolute Gasteiger partial charge is 0.423 e. The van der Waals surface area contributed by atoms with Crippen LogP contribution in [0.3, 0.4) is 0 Å². The molecule has 1 saturated heterocycles. The molecular formula is C15H14F3N5O3. The van der Waals surface area contributed by atoms with Crippen molar-refractivity contribution in [2.24, 2.45) is 7.05 Å². The summed E-state index contributed by atoms with van der Waals surface area (Å²) in [4.78, 5) is 25.1. The maximum absolute atomic E-state index is 13.1. The number of hydrogen-bond donors (Lipinski definition) is 0. The lowest BCUT2D eigenvalue weighted by Crippen LogP contribution is -2.50. The number of anilines is 2. The summed E-state index contributed by atoms with van der Waals surface area (Å²) in [7, 11) is 1.71. The maximum Gasteiger partial charge on any atom is 0.423 e. The number of carbonyl (C=O) groups is 1. The molecule has 0 unspecified atom stereocenters. The van der Waals surface area contributed by atoms with Crippen molar-refractivity contribution in [1.82, 2.24) is 9.78 Å². The normalized spacial score (nSPS) is 15.5. The van der Waals surface area contributed by atoms with E-state index in [1.54, 1.807) is 17.9 Å². The summed E-state index contributed by atoms with van der Waals surface area (Å²) in [6.45, 7) is 0.419. The number of halogens is 3. The van der Waals surface area contributed by atoms with Gasteiger partial charge in [-0.1, -0.05) is 0 Å². The van der Waals surface area contributed by atoms with Gasteiger partial charge in [0.25, 0.3) is 5.69 Å². The quantitative estimate of drug-likeness (QED) is 0.612. The molecule has 0 spiro atoms. The molecule has 1 aromatic carbocycles. The molecule has 0 radical (unpaired) electrons. The molecule has 3 rings (SSSR count). The van der Waals surface area contributed by atoms with E-state index in [1.807, 2.05) is 0 Å². The van der Waals surface area contributed by atoms with Crippen LogP contribution in [0.4, 0.5) is 30.2 Å². The number of hydrogen-bond acceptors (Lipinski definition) is 5. The first-order valence-corrected chi connectivity index (χ1v) is 7.56. The van der Waals surface area contributed by atoms with Crippen molar-refractivity contribution < 1.29 is 22.9 Å². The summed E-state index contributed by atoms with van der Waals surface area (Å²) >= 11 is 0. The van der Waals surface area contributed by atoms with Crippen LogP contribution in [0.1, 0.15) is 5.56 Å². The van der Waals surface area contributed by atoms with Crippen LogP contribution in [0.2, 0.25) is 0 Å². The minimum absolute atomic E-state index is 0.113. The number of nitro groups is 1. The number of aromatic nitrogens is 2. The van der Waals surface area contributed by atoms with Crippen molar-refractivity contribution in [2.45, 2.75) is 6.18 Å². The zero-order valence-electron chi connectivity index (χ0n) is 13.6. The third-order valence-electron chi connectivity index (χ3n) is 4.07. The minimum Gasteiger partial charge on any atom is -0.360 e. The molecule has 2 heterocycles. The minimum atomic E-state index is -4.86. The Morgan fingerprint density at radius 1 is 1.23 bits per heavy atom. The molecule has 0 atom stereocenters.